The first-order valence-corrected chi connectivity index (χ1v) is 15.6. The molecule has 40 heavy (non-hydrogen) atoms. The second-order valence-corrected chi connectivity index (χ2v) is 13.2. The van der Waals surface area contributed by atoms with E-state index >= 15 is 0 Å². The SMILES string of the molecule is CC(C)(C)c1ccc(S(=O)(=O)Nc2ccc3[nH]c(OC(=O)NCCN4CCOCC4)c(-c4ccsc4)c3c2)cc1. The number of anilines is 1. The van der Waals surface area contributed by atoms with Crippen molar-refractivity contribution < 1.29 is 22.7 Å². The van der Waals surface area contributed by atoms with Crippen LogP contribution in [-0.4, -0.2) is 63.8 Å². The van der Waals surface area contributed by atoms with Gasteiger partial charge in [-0.25, -0.2) is 13.2 Å². The number of benzene rings is 2. The second kappa shape index (κ2) is 11.6. The highest BCUT2D eigenvalue weighted by Crippen LogP contribution is 2.39. The van der Waals surface area contributed by atoms with Gasteiger partial charge in [0.05, 0.1) is 23.7 Å². The zero-order valence-corrected chi connectivity index (χ0v) is 24.5. The molecule has 2 aromatic carbocycles. The number of carbonyl (C=O) groups excluding carboxylic acids is 1. The van der Waals surface area contributed by atoms with Crippen molar-refractivity contribution in [2.24, 2.45) is 0 Å². The van der Waals surface area contributed by atoms with E-state index in [-0.39, 0.29) is 10.3 Å². The molecule has 1 aliphatic heterocycles. The Hall–Kier alpha value is -3.38. The van der Waals surface area contributed by atoms with Crippen LogP contribution in [0.15, 0.2) is 64.2 Å². The lowest BCUT2D eigenvalue weighted by Gasteiger charge is -2.26. The maximum atomic E-state index is 13.2. The first kappa shape index (κ1) is 28.2. The summed E-state index contributed by atoms with van der Waals surface area (Å²) in [5, 5.41) is 7.45. The Kier molecular flexibility index (Phi) is 8.18. The maximum absolute atomic E-state index is 13.2. The monoisotopic (exact) mass is 582 g/mol. The van der Waals surface area contributed by atoms with E-state index in [4.69, 9.17) is 9.47 Å². The lowest BCUT2D eigenvalue weighted by atomic mass is 9.87. The van der Waals surface area contributed by atoms with E-state index in [1.165, 1.54) is 11.3 Å². The van der Waals surface area contributed by atoms with E-state index in [2.05, 4.69) is 40.7 Å². The maximum Gasteiger partial charge on any atom is 0.413 e. The highest BCUT2D eigenvalue weighted by atomic mass is 32.2. The number of hydrogen-bond acceptors (Lipinski definition) is 7. The summed E-state index contributed by atoms with van der Waals surface area (Å²) in [4.78, 5) is 18.3. The number of sulfonamides is 1. The van der Waals surface area contributed by atoms with E-state index in [1.54, 1.807) is 30.3 Å². The van der Waals surface area contributed by atoms with Gasteiger partial charge in [0.1, 0.15) is 0 Å². The predicted molar refractivity (Wildman–Crippen MR) is 159 cm³/mol. The number of amides is 1. The van der Waals surface area contributed by atoms with Gasteiger partial charge in [0, 0.05) is 42.8 Å². The third kappa shape index (κ3) is 6.49. The number of morpholine rings is 1. The zero-order valence-electron chi connectivity index (χ0n) is 22.8. The molecule has 3 heterocycles. The quantitative estimate of drug-likeness (QED) is 0.256. The van der Waals surface area contributed by atoms with Crippen molar-refractivity contribution in [1.82, 2.24) is 15.2 Å². The number of nitrogens with zero attached hydrogens (tertiary/aromatic N) is 1. The van der Waals surface area contributed by atoms with Crippen LogP contribution in [-0.2, 0) is 20.2 Å². The van der Waals surface area contributed by atoms with Crippen molar-refractivity contribution in [3.63, 3.8) is 0 Å². The summed E-state index contributed by atoms with van der Waals surface area (Å²) in [6, 6.07) is 14.1. The Balaban J connectivity index is 1.36. The predicted octanol–water partition coefficient (Wildman–Crippen LogP) is 5.42. The van der Waals surface area contributed by atoms with Crippen molar-refractivity contribution in [1.29, 1.82) is 0 Å². The topological polar surface area (TPSA) is 113 Å². The number of thiophene rings is 1. The molecular weight excluding hydrogens is 548 g/mol. The van der Waals surface area contributed by atoms with Gasteiger partial charge in [-0.3, -0.25) is 9.62 Å². The minimum absolute atomic E-state index is 0.0769. The molecule has 5 rings (SSSR count). The van der Waals surface area contributed by atoms with Gasteiger partial charge in [-0.05, 0) is 63.7 Å². The van der Waals surface area contributed by atoms with E-state index in [9.17, 15) is 13.2 Å². The van der Waals surface area contributed by atoms with Crippen LogP contribution in [0.5, 0.6) is 5.88 Å². The first-order valence-electron chi connectivity index (χ1n) is 13.2. The molecule has 1 amide bonds. The van der Waals surface area contributed by atoms with Gasteiger partial charge in [-0.2, -0.15) is 11.3 Å². The molecule has 1 aliphatic rings. The molecular formula is C29H34N4O5S2. The smallest absolute Gasteiger partial charge is 0.393 e. The van der Waals surface area contributed by atoms with Crippen LogP contribution >= 0.6 is 11.3 Å². The minimum Gasteiger partial charge on any atom is -0.393 e. The molecule has 0 atom stereocenters. The van der Waals surface area contributed by atoms with Crippen molar-refractivity contribution >= 4 is 44.0 Å². The number of aromatic nitrogens is 1. The molecule has 1 saturated heterocycles. The van der Waals surface area contributed by atoms with Crippen LogP contribution in [0.3, 0.4) is 0 Å². The Morgan fingerprint density at radius 1 is 1.10 bits per heavy atom. The summed E-state index contributed by atoms with van der Waals surface area (Å²) >= 11 is 1.52. The third-order valence-electron chi connectivity index (χ3n) is 6.85. The molecule has 3 N–H and O–H groups in total. The van der Waals surface area contributed by atoms with Crippen LogP contribution in [0, 0.1) is 0 Å². The molecule has 0 unspecified atom stereocenters. The average Bonchev–Trinajstić information content (AvgIpc) is 3.56. The standard InChI is InChI=1S/C29H34N4O5S2/c1-29(2,3)21-4-7-23(8-5-21)40(35,36)32-22-6-9-25-24(18-22)26(20-10-17-39-19-20)27(31-25)38-28(34)30-11-12-33-13-15-37-16-14-33/h4-10,17-19,31-32H,11-16H2,1-3H3,(H,30,34). The Labute approximate surface area is 238 Å². The summed E-state index contributed by atoms with van der Waals surface area (Å²) < 4.78 is 40.1. The van der Waals surface area contributed by atoms with E-state index in [0.29, 0.717) is 43.4 Å². The number of H-pyrrole nitrogens is 1. The van der Waals surface area contributed by atoms with E-state index < -0.39 is 16.1 Å². The molecule has 0 bridgehead atoms. The Morgan fingerprint density at radius 2 is 1.85 bits per heavy atom. The van der Waals surface area contributed by atoms with Crippen LogP contribution in [0.1, 0.15) is 26.3 Å². The lowest BCUT2D eigenvalue weighted by Crippen LogP contribution is -2.41. The number of ether oxygens (including phenoxy) is 2. The molecule has 212 valence electrons. The number of fused-ring (bicyclic) bond motifs is 1. The number of nitrogens with one attached hydrogen (secondary N) is 3. The van der Waals surface area contributed by atoms with Gasteiger partial charge >= 0.3 is 6.09 Å². The summed E-state index contributed by atoms with van der Waals surface area (Å²) in [6.07, 6.45) is -0.559. The normalized spacial score (nSPS) is 14.8. The average molecular weight is 583 g/mol. The van der Waals surface area contributed by atoms with Gasteiger partial charge < -0.3 is 19.8 Å². The Morgan fingerprint density at radius 3 is 2.52 bits per heavy atom. The molecule has 0 saturated carbocycles. The van der Waals surface area contributed by atoms with Crippen molar-refractivity contribution in [3.05, 3.63) is 64.9 Å². The van der Waals surface area contributed by atoms with Gasteiger partial charge in [0.25, 0.3) is 10.0 Å². The van der Waals surface area contributed by atoms with Crippen molar-refractivity contribution in [3.8, 4) is 17.0 Å². The molecule has 1 fully saturated rings. The van der Waals surface area contributed by atoms with Crippen LogP contribution in [0.4, 0.5) is 10.5 Å². The van der Waals surface area contributed by atoms with Gasteiger partial charge in [0.15, 0.2) is 0 Å². The Bertz CT molecular complexity index is 1570. The van der Waals surface area contributed by atoms with E-state index in [0.717, 1.165) is 35.1 Å². The first-order chi connectivity index (χ1) is 19.1. The van der Waals surface area contributed by atoms with Crippen LogP contribution in [0.2, 0.25) is 0 Å². The molecule has 0 spiro atoms. The van der Waals surface area contributed by atoms with Crippen LogP contribution in [0.25, 0.3) is 22.0 Å². The molecule has 4 aromatic rings. The number of aromatic amines is 1. The fraction of sp³-hybridized carbons (Fsp3) is 0.345. The highest BCUT2D eigenvalue weighted by Gasteiger charge is 2.21. The number of carbonyl (C=O) groups is 1. The van der Waals surface area contributed by atoms with Gasteiger partial charge in [-0.1, -0.05) is 32.9 Å². The molecule has 2 aromatic heterocycles. The molecule has 0 aliphatic carbocycles. The van der Waals surface area contributed by atoms with E-state index in [1.807, 2.05) is 29.0 Å². The van der Waals surface area contributed by atoms with Gasteiger partial charge in [0.2, 0.25) is 5.88 Å². The lowest BCUT2D eigenvalue weighted by molar-refractivity contribution is 0.0385. The van der Waals surface area contributed by atoms with Crippen molar-refractivity contribution in [2.45, 2.75) is 31.1 Å². The molecule has 11 heteroatoms. The summed E-state index contributed by atoms with van der Waals surface area (Å²) in [6.45, 7) is 10.5. The van der Waals surface area contributed by atoms with Crippen LogP contribution < -0.4 is 14.8 Å². The minimum atomic E-state index is -3.81. The summed E-state index contributed by atoms with van der Waals surface area (Å²) in [7, 11) is -3.81. The summed E-state index contributed by atoms with van der Waals surface area (Å²) in [5.74, 6) is 0.301. The third-order valence-corrected chi connectivity index (χ3v) is 8.93. The van der Waals surface area contributed by atoms with Crippen molar-refractivity contribution in [2.75, 3.05) is 44.1 Å². The zero-order chi connectivity index (χ0) is 28.3. The molecule has 9 nitrogen and oxygen atoms in total. The number of hydrogen-bond donors (Lipinski definition) is 3. The number of rotatable bonds is 8. The molecule has 0 radical (unpaired) electrons. The largest absolute Gasteiger partial charge is 0.413 e. The second-order valence-electron chi connectivity index (χ2n) is 10.8. The summed E-state index contributed by atoms with van der Waals surface area (Å²) in [5.41, 5.74) is 3.66. The van der Waals surface area contributed by atoms with Gasteiger partial charge in [-0.15, -0.1) is 0 Å². The highest BCUT2D eigenvalue weighted by molar-refractivity contribution is 7.92. The fourth-order valence-corrected chi connectivity index (χ4v) is 6.31. The fourth-order valence-electron chi connectivity index (χ4n) is 4.62.